The number of anilines is 1. The van der Waals surface area contributed by atoms with Crippen molar-refractivity contribution >= 4 is 17.0 Å². The number of nitrogens with one attached hydrogen (secondary N) is 2. The lowest BCUT2D eigenvalue weighted by Gasteiger charge is -2.48. The van der Waals surface area contributed by atoms with Crippen molar-refractivity contribution in [2.24, 2.45) is 0 Å². The Morgan fingerprint density at radius 2 is 1.58 bits per heavy atom. The van der Waals surface area contributed by atoms with Crippen LogP contribution in [0.25, 0.3) is 11.0 Å². The molecule has 0 bridgehead atoms. The van der Waals surface area contributed by atoms with E-state index in [2.05, 4.69) is 74.7 Å². The van der Waals surface area contributed by atoms with Gasteiger partial charge in [0.2, 0.25) is 5.95 Å². The highest BCUT2D eigenvalue weighted by Gasteiger charge is 2.40. The third-order valence-electron chi connectivity index (χ3n) is 7.93. The van der Waals surface area contributed by atoms with E-state index in [9.17, 15) is 0 Å². The summed E-state index contributed by atoms with van der Waals surface area (Å²) in [6.45, 7) is 4.13. The van der Waals surface area contributed by atoms with E-state index in [1.54, 1.807) is 0 Å². The minimum atomic E-state index is 0.216. The Bertz CT molecular complexity index is 1010. The number of nitrogens with zero attached hydrogens (tertiary/aromatic N) is 3. The molecule has 33 heavy (non-hydrogen) atoms. The van der Waals surface area contributed by atoms with Crippen molar-refractivity contribution in [1.29, 1.82) is 0 Å². The van der Waals surface area contributed by atoms with Crippen molar-refractivity contribution in [3.8, 4) is 0 Å². The normalized spacial score (nSPS) is 20.0. The molecule has 2 fully saturated rings. The predicted octanol–water partition coefficient (Wildman–Crippen LogP) is 5.55. The van der Waals surface area contributed by atoms with Gasteiger partial charge < -0.3 is 15.2 Å². The van der Waals surface area contributed by atoms with Gasteiger partial charge >= 0.3 is 0 Å². The first kappa shape index (κ1) is 22.4. The molecule has 176 valence electrons. The van der Waals surface area contributed by atoms with E-state index in [1.165, 1.54) is 62.4 Å². The smallest absolute Gasteiger partial charge is 0.204 e. The summed E-state index contributed by atoms with van der Waals surface area (Å²) in [7, 11) is 2.00. The number of piperidine rings is 1. The summed E-state index contributed by atoms with van der Waals surface area (Å²) in [5.41, 5.74) is 4.10. The fourth-order valence-electron chi connectivity index (χ4n) is 6.24. The zero-order valence-corrected chi connectivity index (χ0v) is 20.1. The Labute approximate surface area is 198 Å². The maximum absolute atomic E-state index is 4.95. The van der Waals surface area contributed by atoms with Crippen LogP contribution >= 0.6 is 0 Å². The van der Waals surface area contributed by atoms with Gasteiger partial charge in [0.1, 0.15) is 0 Å². The molecule has 1 aliphatic carbocycles. The topological polar surface area (TPSA) is 45.1 Å². The van der Waals surface area contributed by atoms with Crippen LogP contribution in [0.4, 0.5) is 5.95 Å². The van der Waals surface area contributed by atoms with Crippen LogP contribution in [0, 0.1) is 0 Å². The van der Waals surface area contributed by atoms with Crippen molar-refractivity contribution in [3.05, 3.63) is 60.2 Å². The van der Waals surface area contributed by atoms with E-state index < -0.39 is 0 Å². The standard InChI is InChI=1S/C28H39N5/c1-29-19-20-30-27-31-25-13-7-8-14-26(25)33(27)24-15-21-32(22-16-24)28(17-9-2-3-10-18-28)23-11-5-4-6-12-23/h4-8,11-14,24,29H,2-3,9-10,15-22H2,1H3,(H,30,31). The Balaban J connectivity index is 1.39. The molecule has 1 saturated carbocycles. The number of likely N-dealkylation sites (N-methyl/N-ethyl adjacent to an activating group) is 1. The minimum Gasteiger partial charge on any atom is -0.354 e. The van der Waals surface area contributed by atoms with Gasteiger partial charge in [-0.1, -0.05) is 68.1 Å². The molecule has 2 heterocycles. The monoisotopic (exact) mass is 445 g/mol. The largest absolute Gasteiger partial charge is 0.354 e. The van der Waals surface area contributed by atoms with Crippen LogP contribution in [0.15, 0.2) is 54.6 Å². The molecule has 0 atom stereocenters. The minimum absolute atomic E-state index is 0.216. The van der Waals surface area contributed by atoms with Crippen LogP contribution in [-0.2, 0) is 5.54 Å². The number of hydrogen-bond donors (Lipinski definition) is 2. The summed E-state index contributed by atoms with van der Waals surface area (Å²) in [6, 6.07) is 20.5. The summed E-state index contributed by atoms with van der Waals surface area (Å²) < 4.78 is 2.49. The molecule has 1 saturated heterocycles. The Morgan fingerprint density at radius 1 is 0.879 bits per heavy atom. The number of para-hydroxylation sites is 2. The van der Waals surface area contributed by atoms with Crippen LogP contribution in [0.2, 0.25) is 0 Å². The molecule has 2 aliphatic rings. The van der Waals surface area contributed by atoms with Gasteiger partial charge in [-0.15, -0.1) is 0 Å². The highest BCUT2D eigenvalue weighted by molar-refractivity contribution is 5.78. The molecule has 5 heteroatoms. The molecule has 5 nitrogen and oxygen atoms in total. The lowest BCUT2D eigenvalue weighted by Crippen LogP contribution is -2.50. The molecule has 5 rings (SSSR count). The van der Waals surface area contributed by atoms with Gasteiger partial charge in [-0.3, -0.25) is 4.90 Å². The van der Waals surface area contributed by atoms with Gasteiger partial charge in [-0.2, -0.15) is 0 Å². The van der Waals surface area contributed by atoms with Crippen molar-refractivity contribution < 1.29 is 0 Å². The lowest BCUT2D eigenvalue weighted by molar-refractivity contribution is 0.0362. The van der Waals surface area contributed by atoms with Gasteiger partial charge in [0.15, 0.2) is 0 Å². The lowest BCUT2D eigenvalue weighted by atomic mass is 9.79. The zero-order valence-electron chi connectivity index (χ0n) is 20.1. The summed E-state index contributed by atoms with van der Waals surface area (Å²) in [5.74, 6) is 1.03. The van der Waals surface area contributed by atoms with Gasteiger partial charge in [0.05, 0.1) is 11.0 Å². The maximum atomic E-state index is 4.95. The average Bonchev–Trinajstić information content (AvgIpc) is 3.05. The van der Waals surface area contributed by atoms with Gasteiger partial charge in [0.25, 0.3) is 0 Å². The van der Waals surface area contributed by atoms with E-state index in [0.717, 1.165) is 37.6 Å². The Hall–Kier alpha value is -2.37. The third kappa shape index (κ3) is 4.53. The average molecular weight is 446 g/mol. The van der Waals surface area contributed by atoms with Gasteiger partial charge in [-0.25, -0.2) is 4.98 Å². The summed E-state index contributed by atoms with van der Waals surface area (Å²) in [5, 5.41) is 6.82. The second-order valence-electron chi connectivity index (χ2n) is 9.85. The first-order valence-electron chi connectivity index (χ1n) is 13.0. The Morgan fingerprint density at radius 3 is 2.30 bits per heavy atom. The zero-order chi connectivity index (χ0) is 22.5. The maximum Gasteiger partial charge on any atom is 0.204 e. The second kappa shape index (κ2) is 10.3. The van der Waals surface area contributed by atoms with E-state index in [-0.39, 0.29) is 5.54 Å². The molecule has 1 aliphatic heterocycles. The number of fused-ring (bicyclic) bond motifs is 1. The van der Waals surface area contributed by atoms with E-state index >= 15 is 0 Å². The summed E-state index contributed by atoms with van der Waals surface area (Å²) >= 11 is 0. The molecule has 2 N–H and O–H groups in total. The van der Waals surface area contributed by atoms with E-state index in [1.807, 2.05) is 7.05 Å². The third-order valence-corrected chi connectivity index (χ3v) is 7.93. The van der Waals surface area contributed by atoms with Crippen LogP contribution in [0.5, 0.6) is 0 Å². The number of imidazole rings is 1. The van der Waals surface area contributed by atoms with Gasteiger partial charge in [-0.05, 0) is 50.4 Å². The highest BCUT2D eigenvalue weighted by Crippen LogP contribution is 2.44. The van der Waals surface area contributed by atoms with Crippen molar-refractivity contribution in [1.82, 2.24) is 19.8 Å². The Kier molecular flexibility index (Phi) is 6.98. The van der Waals surface area contributed by atoms with Crippen molar-refractivity contribution in [2.75, 3.05) is 38.5 Å². The number of hydrogen-bond acceptors (Lipinski definition) is 4. The molecule has 0 unspecified atom stereocenters. The number of benzene rings is 2. The van der Waals surface area contributed by atoms with Gasteiger partial charge in [0, 0.05) is 37.8 Å². The second-order valence-corrected chi connectivity index (χ2v) is 9.85. The molecular weight excluding hydrogens is 406 g/mol. The molecule has 1 aromatic heterocycles. The quantitative estimate of drug-likeness (QED) is 0.369. The molecule has 0 spiro atoms. The van der Waals surface area contributed by atoms with Crippen molar-refractivity contribution in [3.63, 3.8) is 0 Å². The fourth-order valence-corrected chi connectivity index (χ4v) is 6.24. The number of likely N-dealkylation sites (tertiary alicyclic amines) is 1. The van der Waals surface area contributed by atoms with Crippen LogP contribution < -0.4 is 10.6 Å². The summed E-state index contributed by atoms with van der Waals surface area (Å²) in [6.07, 6.45) is 10.4. The van der Waals surface area contributed by atoms with E-state index in [4.69, 9.17) is 4.98 Å². The first-order chi connectivity index (χ1) is 16.3. The molecular formula is C28H39N5. The summed E-state index contributed by atoms with van der Waals surface area (Å²) in [4.78, 5) is 7.80. The molecule has 2 aromatic carbocycles. The predicted molar refractivity (Wildman–Crippen MR) is 138 cm³/mol. The highest BCUT2D eigenvalue weighted by atomic mass is 15.3. The molecule has 0 amide bonds. The molecule has 0 radical (unpaired) electrons. The SMILES string of the molecule is CNCCNc1nc2ccccc2n1C1CCN(C2(c3ccccc3)CCCCCC2)CC1. The molecule has 3 aromatic rings. The fraction of sp³-hybridized carbons (Fsp3) is 0.536. The van der Waals surface area contributed by atoms with Crippen LogP contribution in [0.3, 0.4) is 0 Å². The van der Waals surface area contributed by atoms with E-state index in [0.29, 0.717) is 6.04 Å². The van der Waals surface area contributed by atoms with Crippen molar-refractivity contribution in [2.45, 2.75) is 62.9 Å². The van der Waals surface area contributed by atoms with Crippen LogP contribution in [-0.4, -0.2) is 47.7 Å². The number of rotatable bonds is 7. The van der Waals surface area contributed by atoms with Crippen LogP contribution in [0.1, 0.15) is 63.0 Å². The first-order valence-corrected chi connectivity index (χ1v) is 13.0. The number of aromatic nitrogens is 2.